The molecular formula is C14H13N3O4. The number of nitro groups is 1. The number of non-ortho nitro benzene ring substituents is 1. The number of benzene rings is 1. The van der Waals surface area contributed by atoms with Crippen molar-refractivity contribution < 1.29 is 14.5 Å². The SMILES string of the molecule is Cc1cnc(C(=O)OC(C)c2cccc([N+](=O)[O-])c2)cn1. The van der Waals surface area contributed by atoms with Gasteiger partial charge in [0.2, 0.25) is 0 Å². The van der Waals surface area contributed by atoms with Crippen molar-refractivity contribution in [3.8, 4) is 0 Å². The zero-order chi connectivity index (χ0) is 15.4. The standard InChI is InChI=1S/C14H13N3O4/c1-9-7-16-13(8-15-9)14(18)21-10(2)11-4-3-5-12(6-11)17(19)20/h3-8,10H,1-2H3. The molecule has 2 aromatic rings. The second-order valence-corrected chi connectivity index (χ2v) is 4.44. The molecule has 0 N–H and O–H groups in total. The van der Waals surface area contributed by atoms with Gasteiger partial charge in [0, 0.05) is 18.3 Å². The molecule has 1 heterocycles. The second kappa shape index (κ2) is 6.08. The van der Waals surface area contributed by atoms with Crippen LogP contribution in [0.3, 0.4) is 0 Å². The molecule has 21 heavy (non-hydrogen) atoms. The van der Waals surface area contributed by atoms with Gasteiger partial charge in [0.15, 0.2) is 5.69 Å². The van der Waals surface area contributed by atoms with Crippen LogP contribution >= 0.6 is 0 Å². The van der Waals surface area contributed by atoms with E-state index in [1.54, 1.807) is 26.0 Å². The Balaban J connectivity index is 2.12. The largest absolute Gasteiger partial charge is 0.453 e. The Kier molecular flexibility index (Phi) is 4.22. The van der Waals surface area contributed by atoms with E-state index in [4.69, 9.17) is 4.74 Å². The van der Waals surface area contributed by atoms with Gasteiger partial charge in [0.1, 0.15) is 6.10 Å². The number of aromatic nitrogens is 2. The van der Waals surface area contributed by atoms with E-state index in [1.165, 1.54) is 24.5 Å². The summed E-state index contributed by atoms with van der Waals surface area (Å²) in [5, 5.41) is 10.7. The van der Waals surface area contributed by atoms with Crippen molar-refractivity contribution in [2.24, 2.45) is 0 Å². The van der Waals surface area contributed by atoms with Gasteiger partial charge in [-0.25, -0.2) is 9.78 Å². The van der Waals surface area contributed by atoms with Crippen LogP contribution in [-0.2, 0) is 4.74 Å². The van der Waals surface area contributed by atoms with Crippen LogP contribution in [0.2, 0.25) is 0 Å². The predicted molar refractivity (Wildman–Crippen MR) is 73.7 cm³/mol. The van der Waals surface area contributed by atoms with Crippen LogP contribution in [0.15, 0.2) is 36.7 Å². The molecule has 1 aromatic carbocycles. The lowest BCUT2D eigenvalue weighted by molar-refractivity contribution is -0.385. The fraction of sp³-hybridized carbons (Fsp3) is 0.214. The Labute approximate surface area is 120 Å². The van der Waals surface area contributed by atoms with Gasteiger partial charge in [-0.1, -0.05) is 12.1 Å². The van der Waals surface area contributed by atoms with E-state index >= 15 is 0 Å². The van der Waals surface area contributed by atoms with E-state index in [2.05, 4.69) is 9.97 Å². The van der Waals surface area contributed by atoms with E-state index in [1.807, 2.05) is 0 Å². The van der Waals surface area contributed by atoms with Crippen LogP contribution in [0.1, 0.15) is 34.8 Å². The minimum absolute atomic E-state index is 0.0504. The van der Waals surface area contributed by atoms with E-state index in [0.29, 0.717) is 11.3 Å². The van der Waals surface area contributed by atoms with Crippen LogP contribution < -0.4 is 0 Å². The van der Waals surface area contributed by atoms with Crippen molar-refractivity contribution >= 4 is 11.7 Å². The number of carbonyl (C=O) groups excluding carboxylic acids is 1. The molecular weight excluding hydrogens is 274 g/mol. The highest BCUT2D eigenvalue weighted by Crippen LogP contribution is 2.22. The third-order valence-electron chi connectivity index (χ3n) is 2.82. The van der Waals surface area contributed by atoms with Gasteiger partial charge in [-0.05, 0) is 19.4 Å². The topological polar surface area (TPSA) is 95.2 Å². The number of hydrogen-bond acceptors (Lipinski definition) is 6. The van der Waals surface area contributed by atoms with Crippen molar-refractivity contribution in [2.45, 2.75) is 20.0 Å². The molecule has 7 nitrogen and oxygen atoms in total. The van der Waals surface area contributed by atoms with Gasteiger partial charge in [-0.15, -0.1) is 0 Å². The molecule has 0 amide bonds. The molecule has 0 spiro atoms. The quantitative estimate of drug-likeness (QED) is 0.487. The fourth-order valence-corrected chi connectivity index (χ4v) is 1.68. The Hall–Kier alpha value is -2.83. The molecule has 0 bridgehead atoms. The first-order valence-corrected chi connectivity index (χ1v) is 6.21. The third-order valence-corrected chi connectivity index (χ3v) is 2.82. The maximum atomic E-state index is 11.9. The van der Waals surface area contributed by atoms with Gasteiger partial charge < -0.3 is 4.74 Å². The number of carbonyl (C=O) groups is 1. The smallest absolute Gasteiger partial charge is 0.359 e. The summed E-state index contributed by atoms with van der Waals surface area (Å²) in [6.45, 7) is 3.40. The summed E-state index contributed by atoms with van der Waals surface area (Å²) in [7, 11) is 0. The molecule has 2 rings (SSSR count). The van der Waals surface area contributed by atoms with Gasteiger partial charge in [-0.2, -0.15) is 0 Å². The first-order valence-electron chi connectivity index (χ1n) is 6.21. The molecule has 0 aliphatic rings. The Morgan fingerprint density at radius 1 is 1.33 bits per heavy atom. The van der Waals surface area contributed by atoms with E-state index in [0.717, 1.165) is 0 Å². The number of nitrogens with zero attached hydrogens (tertiary/aromatic N) is 3. The third kappa shape index (κ3) is 3.59. The van der Waals surface area contributed by atoms with Crippen molar-refractivity contribution in [3.63, 3.8) is 0 Å². The molecule has 0 aliphatic heterocycles. The zero-order valence-corrected chi connectivity index (χ0v) is 11.5. The monoisotopic (exact) mass is 287 g/mol. The summed E-state index contributed by atoms with van der Waals surface area (Å²) in [6.07, 6.45) is 2.17. The second-order valence-electron chi connectivity index (χ2n) is 4.44. The summed E-state index contributed by atoms with van der Waals surface area (Å²) in [5.74, 6) is -0.624. The molecule has 0 aliphatic carbocycles. The number of nitro benzene ring substituents is 1. The molecule has 0 saturated carbocycles. The lowest BCUT2D eigenvalue weighted by atomic mass is 10.1. The highest BCUT2D eigenvalue weighted by atomic mass is 16.6. The normalized spacial score (nSPS) is 11.7. The van der Waals surface area contributed by atoms with Crippen molar-refractivity contribution in [3.05, 3.63) is 63.7 Å². The molecule has 0 fully saturated rings. The zero-order valence-electron chi connectivity index (χ0n) is 11.5. The van der Waals surface area contributed by atoms with Gasteiger partial charge >= 0.3 is 5.97 Å². The number of hydrogen-bond donors (Lipinski definition) is 0. The molecule has 1 atom stereocenters. The van der Waals surface area contributed by atoms with Crippen molar-refractivity contribution in [1.29, 1.82) is 0 Å². The molecule has 7 heteroatoms. The van der Waals surface area contributed by atoms with Crippen LogP contribution in [0.4, 0.5) is 5.69 Å². The van der Waals surface area contributed by atoms with Gasteiger partial charge in [-0.3, -0.25) is 15.1 Å². The summed E-state index contributed by atoms with van der Waals surface area (Å²) in [5.41, 5.74) is 1.28. The van der Waals surface area contributed by atoms with E-state index in [-0.39, 0.29) is 11.4 Å². The molecule has 108 valence electrons. The maximum absolute atomic E-state index is 11.9. The Bertz CT molecular complexity index is 670. The van der Waals surface area contributed by atoms with Crippen LogP contribution in [0.5, 0.6) is 0 Å². The Morgan fingerprint density at radius 2 is 2.10 bits per heavy atom. The number of ether oxygens (including phenoxy) is 1. The number of rotatable bonds is 4. The van der Waals surface area contributed by atoms with E-state index in [9.17, 15) is 14.9 Å². The van der Waals surface area contributed by atoms with Crippen LogP contribution in [0, 0.1) is 17.0 Å². The lowest BCUT2D eigenvalue weighted by Gasteiger charge is -2.13. The lowest BCUT2D eigenvalue weighted by Crippen LogP contribution is -2.11. The average Bonchev–Trinajstić information content (AvgIpc) is 2.48. The molecule has 1 unspecified atom stereocenters. The first kappa shape index (κ1) is 14.6. The molecule has 1 aromatic heterocycles. The van der Waals surface area contributed by atoms with Crippen molar-refractivity contribution in [2.75, 3.05) is 0 Å². The summed E-state index contributed by atoms with van der Waals surface area (Å²) < 4.78 is 5.23. The minimum atomic E-state index is -0.625. The fourth-order valence-electron chi connectivity index (χ4n) is 1.68. The van der Waals surface area contributed by atoms with Gasteiger partial charge in [0.25, 0.3) is 5.69 Å². The first-order chi connectivity index (χ1) is 9.97. The Morgan fingerprint density at radius 3 is 2.71 bits per heavy atom. The van der Waals surface area contributed by atoms with Crippen LogP contribution in [0.25, 0.3) is 0 Å². The molecule has 0 radical (unpaired) electrons. The average molecular weight is 287 g/mol. The predicted octanol–water partition coefficient (Wildman–Crippen LogP) is 2.61. The summed E-state index contributed by atoms with van der Waals surface area (Å²) in [4.78, 5) is 30.0. The number of aryl methyl sites for hydroxylation is 1. The molecule has 0 saturated heterocycles. The maximum Gasteiger partial charge on any atom is 0.359 e. The van der Waals surface area contributed by atoms with E-state index < -0.39 is 17.0 Å². The minimum Gasteiger partial charge on any atom is -0.453 e. The number of esters is 1. The summed E-state index contributed by atoms with van der Waals surface area (Å²) >= 11 is 0. The van der Waals surface area contributed by atoms with Gasteiger partial charge in [0.05, 0.1) is 16.8 Å². The summed E-state index contributed by atoms with van der Waals surface area (Å²) in [6, 6.07) is 5.96. The van der Waals surface area contributed by atoms with Crippen LogP contribution in [-0.4, -0.2) is 20.9 Å². The van der Waals surface area contributed by atoms with Crippen molar-refractivity contribution in [1.82, 2.24) is 9.97 Å². The highest BCUT2D eigenvalue weighted by molar-refractivity contribution is 5.86. The highest BCUT2D eigenvalue weighted by Gasteiger charge is 2.17.